The molecule has 0 unspecified atom stereocenters. The van der Waals surface area contributed by atoms with Crippen LogP contribution in [0.15, 0.2) is 12.3 Å². The molecule has 1 heterocycles. The van der Waals surface area contributed by atoms with E-state index in [2.05, 4.69) is 0 Å². The molecule has 0 bridgehead atoms. The first-order chi connectivity index (χ1) is 4.52. The minimum absolute atomic E-state index is 0.648. The van der Waals surface area contributed by atoms with Crippen LogP contribution in [0.2, 0.25) is 0 Å². The van der Waals surface area contributed by atoms with Crippen LogP contribution >= 0.6 is 0 Å². The Morgan fingerprint density at radius 2 is 1.90 bits per heavy atom. The Hall–Kier alpha value is -1.00. The number of aromatic amines is 1. The summed E-state index contributed by atoms with van der Waals surface area (Å²) < 4.78 is 46.9. The SMILES string of the molecule is Fc1[nH]ccc1C(F)(F)F. The fourth-order valence-electron chi connectivity index (χ4n) is 0.568. The third-order valence-electron chi connectivity index (χ3n) is 1.00. The van der Waals surface area contributed by atoms with Gasteiger partial charge in [-0.15, -0.1) is 0 Å². The van der Waals surface area contributed by atoms with Gasteiger partial charge < -0.3 is 4.98 Å². The number of H-pyrrole nitrogens is 1. The molecule has 0 aliphatic carbocycles. The highest BCUT2D eigenvalue weighted by Crippen LogP contribution is 2.30. The van der Waals surface area contributed by atoms with Crippen LogP contribution in [0.5, 0.6) is 0 Å². The second-order valence-corrected chi connectivity index (χ2v) is 1.70. The van der Waals surface area contributed by atoms with Crippen LogP contribution in [-0.2, 0) is 6.18 Å². The van der Waals surface area contributed by atoms with E-state index in [9.17, 15) is 17.6 Å². The van der Waals surface area contributed by atoms with Crippen molar-refractivity contribution >= 4 is 0 Å². The maximum absolute atomic E-state index is 12.1. The molecular formula is C5H3F4N. The van der Waals surface area contributed by atoms with Crippen LogP contribution < -0.4 is 0 Å². The number of alkyl halides is 3. The van der Waals surface area contributed by atoms with E-state index in [1.54, 1.807) is 4.98 Å². The summed E-state index contributed by atoms with van der Waals surface area (Å²) >= 11 is 0. The van der Waals surface area contributed by atoms with E-state index >= 15 is 0 Å². The molecular weight excluding hydrogens is 150 g/mol. The summed E-state index contributed by atoms with van der Waals surface area (Å²) in [5.41, 5.74) is -1.26. The van der Waals surface area contributed by atoms with Gasteiger partial charge in [0.15, 0.2) is 0 Å². The molecule has 0 spiro atoms. The fraction of sp³-hybridized carbons (Fsp3) is 0.200. The molecule has 1 nitrogen and oxygen atoms in total. The van der Waals surface area contributed by atoms with Gasteiger partial charge in [0.2, 0.25) is 5.95 Å². The van der Waals surface area contributed by atoms with E-state index in [4.69, 9.17) is 0 Å². The first-order valence-corrected chi connectivity index (χ1v) is 2.42. The summed E-state index contributed by atoms with van der Waals surface area (Å²) in [6.07, 6.45) is -3.69. The molecule has 0 fully saturated rings. The van der Waals surface area contributed by atoms with Crippen molar-refractivity contribution in [2.24, 2.45) is 0 Å². The lowest BCUT2D eigenvalue weighted by atomic mass is 10.3. The van der Waals surface area contributed by atoms with Crippen molar-refractivity contribution in [2.45, 2.75) is 6.18 Å². The maximum atomic E-state index is 12.1. The van der Waals surface area contributed by atoms with Crippen LogP contribution in [0, 0.1) is 5.95 Å². The molecule has 1 rings (SSSR count). The molecule has 0 aliphatic heterocycles. The van der Waals surface area contributed by atoms with Gasteiger partial charge in [-0.05, 0) is 6.07 Å². The first-order valence-electron chi connectivity index (χ1n) is 2.42. The average molecular weight is 153 g/mol. The molecule has 0 saturated heterocycles. The van der Waals surface area contributed by atoms with Gasteiger partial charge in [-0.25, -0.2) is 0 Å². The molecule has 0 amide bonds. The van der Waals surface area contributed by atoms with Crippen molar-refractivity contribution in [1.29, 1.82) is 0 Å². The van der Waals surface area contributed by atoms with Crippen molar-refractivity contribution in [1.82, 2.24) is 4.98 Å². The number of nitrogens with one attached hydrogen (secondary N) is 1. The predicted octanol–water partition coefficient (Wildman–Crippen LogP) is 2.17. The maximum Gasteiger partial charge on any atom is 0.420 e. The van der Waals surface area contributed by atoms with E-state index in [1.807, 2.05) is 0 Å². The molecule has 56 valence electrons. The molecule has 1 N–H and O–H groups in total. The van der Waals surface area contributed by atoms with E-state index in [-0.39, 0.29) is 0 Å². The summed E-state index contributed by atoms with van der Waals surface area (Å²) in [6, 6.07) is 0.648. The lowest BCUT2D eigenvalue weighted by Crippen LogP contribution is -2.05. The fourth-order valence-corrected chi connectivity index (χ4v) is 0.568. The van der Waals surface area contributed by atoms with Crippen LogP contribution in [0.1, 0.15) is 5.56 Å². The predicted molar refractivity (Wildman–Crippen MR) is 25.8 cm³/mol. The molecule has 0 aliphatic rings. The third kappa shape index (κ3) is 1.12. The lowest BCUT2D eigenvalue weighted by Gasteiger charge is -2.01. The van der Waals surface area contributed by atoms with Gasteiger partial charge in [0.05, 0.1) is 0 Å². The Labute approximate surface area is 53.7 Å². The number of rotatable bonds is 0. The summed E-state index contributed by atoms with van der Waals surface area (Å²) in [5.74, 6) is -1.34. The van der Waals surface area contributed by atoms with E-state index in [1.165, 1.54) is 0 Å². The number of aromatic nitrogens is 1. The largest absolute Gasteiger partial charge is 0.420 e. The molecule has 10 heavy (non-hydrogen) atoms. The Kier molecular flexibility index (Phi) is 1.42. The van der Waals surface area contributed by atoms with E-state index in [0.717, 1.165) is 6.20 Å². The Balaban J connectivity index is 3.05. The van der Waals surface area contributed by atoms with Crippen LogP contribution in [-0.4, -0.2) is 4.98 Å². The first kappa shape index (κ1) is 7.11. The molecule has 1 aromatic heterocycles. The van der Waals surface area contributed by atoms with Crippen molar-refractivity contribution in [3.05, 3.63) is 23.8 Å². The molecule has 5 heteroatoms. The highest BCUT2D eigenvalue weighted by molar-refractivity contribution is 5.14. The van der Waals surface area contributed by atoms with E-state index in [0.29, 0.717) is 6.07 Å². The third-order valence-corrected chi connectivity index (χ3v) is 1.00. The highest BCUT2D eigenvalue weighted by Gasteiger charge is 2.34. The second kappa shape index (κ2) is 2.00. The normalized spacial score (nSPS) is 12.0. The lowest BCUT2D eigenvalue weighted by molar-refractivity contribution is -0.139. The zero-order valence-electron chi connectivity index (χ0n) is 4.67. The van der Waals surface area contributed by atoms with Gasteiger partial charge in [0.1, 0.15) is 5.56 Å². The number of hydrogen-bond acceptors (Lipinski definition) is 0. The summed E-state index contributed by atoms with van der Waals surface area (Å²) in [4.78, 5) is 1.79. The standard InChI is InChI=1S/C5H3F4N/c6-4-3(1-2-10-4)5(7,8)9/h1-2,10H. The van der Waals surface area contributed by atoms with Crippen LogP contribution in [0.3, 0.4) is 0 Å². The van der Waals surface area contributed by atoms with Crippen LogP contribution in [0.25, 0.3) is 0 Å². The zero-order valence-corrected chi connectivity index (χ0v) is 4.67. The molecule has 0 atom stereocenters. The highest BCUT2D eigenvalue weighted by atomic mass is 19.4. The molecule has 0 saturated carbocycles. The van der Waals surface area contributed by atoms with Crippen LogP contribution in [0.4, 0.5) is 17.6 Å². The monoisotopic (exact) mass is 153 g/mol. The quantitative estimate of drug-likeness (QED) is 0.550. The minimum Gasteiger partial charge on any atom is -0.338 e. The topological polar surface area (TPSA) is 15.8 Å². The van der Waals surface area contributed by atoms with Gasteiger partial charge in [-0.3, -0.25) is 0 Å². The number of halogens is 4. The Morgan fingerprint density at radius 1 is 1.30 bits per heavy atom. The average Bonchev–Trinajstić information content (AvgIpc) is 2.11. The van der Waals surface area contributed by atoms with Crippen molar-refractivity contribution in [2.75, 3.05) is 0 Å². The molecule has 0 radical (unpaired) electrons. The smallest absolute Gasteiger partial charge is 0.338 e. The molecule has 1 aromatic rings. The number of hydrogen-bond donors (Lipinski definition) is 1. The van der Waals surface area contributed by atoms with Gasteiger partial charge in [-0.1, -0.05) is 0 Å². The Bertz CT molecular complexity index is 224. The van der Waals surface area contributed by atoms with Gasteiger partial charge >= 0.3 is 6.18 Å². The Morgan fingerprint density at radius 3 is 2.10 bits per heavy atom. The zero-order chi connectivity index (χ0) is 7.78. The minimum atomic E-state index is -4.59. The summed E-state index contributed by atoms with van der Waals surface area (Å²) in [6.45, 7) is 0. The van der Waals surface area contributed by atoms with Gasteiger partial charge in [0, 0.05) is 6.20 Å². The van der Waals surface area contributed by atoms with Gasteiger partial charge in [0.25, 0.3) is 0 Å². The summed E-state index contributed by atoms with van der Waals surface area (Å²) in [5, 5.41) is 0. The van der Waals surface area contributed by atoms with Crippen molar-refractivity contribution in [3.63, 3.8) is 0 Å². The van der Waals surface area contributed by atoms with E-state index < -0.39 is 17.7 Å². The van der Waals surface area contributed by atoms with Crippen molar-refractivity contribution < 1.29 is 17.6 Å². The van der Waals surface area contributed by atoms with Crippen molar-refractivity contribution in [3.8, 4) is 0 Å². The van der Waals surface area contributed by atoms with Gasteiger partial charge in [-0.2, -0.15) is 17.6 Å². The molecule has 0 aromatic carbocycles. The second-order valence-electron chi connectivity index (χ2n) is 1.70. The summed E-state index contributed by atoms with van der Waals surface area (Å²) in [7, 11) is 0.